The minimum atomic E-state index is -1.07. The van der Waals surface area contributed by atoms with Gasteiger partial charge in [0.2, 0.25) is 5.91 Å². The molecule has 1 aliphatic rings. The van der Waals surface area contributed by atoms with Crippen LogP contribution in [0.1, 0.15) is 50.4 Å². The Morgan fingerprint density at radius 1 is 1.18 bits per heavy atom. The van der Waals surface area contributed by atoms with Crippen LogP contribution < -0.4 is 5.32 Å². The lowest BCUT2D eigenvalue weighted by Crippen LogP contribution is -2.48. The number of nitrogens with one attached hydrogen (secondary N) is 1. The van der Waals surface area contributed by atoms with Crippen LogP contribution in [0.3, 0.4) is 0 Å². The summed E-state index contributed by atoms with van der Waals surface area (Å²) in [5.41, 5.74) is 0.278. The van der Waals surface area contributed by atoms with E-state index in [-0.39, 0.29) is 36.4 Å². The summed E-state index contributed by atoms with van der Waals surface area (Å²) in [7, 11) is 0. The highest BCUT2D eigenvalue weighted by atomic mass is 16.5. The fourth-order valence-corrected chi connectivity index (χ4v) is 3.14. The zero-order valence-electron chi connectivity index (χ0n) is 16.8. The number of carbonyl (C=O) groups excluding carboxylic acids is 2. The number of carboxylic acids is 1. The maximum Gasteiger partial charge on any atom is 0.326 e. The first-order chi connectivity index (χ1) is 13.2. The van der Waals surface area contributed by atoms with E-state index in [1.807, 2.05) is 39.0 Å². The average Bonchev–Trinajstić information content (AvgIpc) is 2.66. The van der Waals surface area contributed by atoms with Gasteiger partial charge in [0.1, 0.15) is 6.04 Å². The van der Waals surface area contributed by atoms with Crippen molar-refractivity contribution in [2.45, 2.75) is 51.7 Å². The van der Waals surface area contributed by atoms with Crippen molar-refractivity contribution in [1.82, 2.24) is 10.2 Å². The molecule has 1 unspecified atom stereocenters. The van der Waals surface area contributed by atoms with Gasteiger partial charge in [0.15, 0.2) is 0 Å². The van der Waals surface area contributed by atoms with E-state index in [2.05, 4.69) is 5.32 Å². The van der Waals surface area contributed by atoms with Crippen molar-refractivity contribution in [3.8, 4) is 0 Å². The molecule has 1 aromatic rings. The van der Waals surface area contributed by atoms with E-state index in [1.165, 1.54) is 0 Å². The molecule has 154 valence electrons. The van der Waals surface area contributed by atoms with Crippen LogP contribution in [0.15, 0.2) is 30.3 Å². The van der Waals surface area contributed by atoms with E-state index in [1.54, 1.807) is 17.0 Å². The normalized spacial score (nSPS) is 16.5. The molecule has 0 aliphatic carbocycles. The second-order valence-corrected chi connectivity index (χ2v) is 8.08. The molecular weight excluding hydrogens is 360 g/mol. The molecule has 0 saturated carbocycles. The zero-order valence-corrected chi connectivity index (χ0v) is 16.8. The van der Waals surface area contributed by atoms with Gasteiger partial charge in [-0.3, -0.25) is 9.59 Å². The summed E-state index contributed by atoms with van der Waals surface area (Å²) in [6.45, 7) is 6.90. The predicted molar refractivity (Wildman–Crippen MR) is 105 cm³/mol. The number of hydrogen-bond acceptors (Lipinski definition) is 4. The Labute approximate surface area is 166 Å². The van der Waals surface area contributed by atoms with E-state index < -0.39 is 12.0 Å². The van der Waals surface area contributed by atoms with Crippen LogP contribution in [0.4, 0.5) is 0 Å². The Morgan fingerprint density at radius 2 is 1.79 bits per heavy atom. The van der Waals surface area contributed by atoms with Crippen LogP contribution in [0.5, 0.6) is 0 Å². The topological polar surface area (TPSA) is 95.9 Å². The summed E-state index contributed by atoms with van der Waals surface area (Å²) in [5, 5.41) is 12.0. The number of likely N-dealkylation sites (tertiary alicyclic amines) is 1. The number of hydrogen-bond donors (Lipinski definition) is 2. The van der Waals surface area contributed by atoms with E-state index in [4.69, 9.17) is 4.74 Å². The molecule has 28 heavy (non-hydrogen) atoms. The summed E-state index contributed by atoms with van der Waals surface area (Å²) in [6, 6.07) is 8.08. The summed E-state index contributed by atoms with van der Waals surface area (Å²) >= 11 is 0. The van der Waals surface area contributed by atoms with Gasteiger partial charge in [-0.2, -0.15) is 0 Å². The molecule has 1 aromatic carbocycles. The molecule has 1 saturated heterocycles. The Balaban J connectivity index is 1.83. The molecule has 2 amide bonds. The van der Waals surface area contributed by atoms with Crippen molar-refractivity contribution in [1.29, 1.82) is 0 Å². The molecule has 1 atom stereocenters. The first-order valence-corrected chi connectivity index (χ1v) is 9.69. The number of amides is 2. The first kappa shape index (κ1) is 21.9. The number of piperidine rings is 1. The van der Waals surface area contributed by atoms with Gasteiger partial charge in [0.25, 0.3) is 5.91 Å². The molecule has 0 spiro atoms. The highest BCUT2D eigenvalue weighted by molar-refractivity contribution is 5.94. The molecule has 1 heterocycles. The van der Waals surface area contributed by atoms with Gasteiger partial charge >= 0.3 is 5.97 Å². The minimum absolute atomic E-state index is 0.0396. The van der Waals surface area contributed by atoms with Crippen LogP contribution in [0, 0.1) is 5.92 Å². The van der Waals surface area contributed by atoms with Crippen LogP contribution in [0.25, 0.3) is 0 Å². The van der Waals surface area contributed by atoms with Crippen molar-refractivity contribution in [3.05, 3.63) is 35.9 Å². The Hall–Kier alpha value is -2.41. The molecule has 1 fully saturated rings. The minimum Gasteiger partial charge on any atom is -0.480 e. The number of carboxylic acid groups (broad SMARTS) is 1. The summed E-state index contributed by atoms with van der Waals surface area (Å²) in [5.74, 6) is -1.66. The van der Waals surface area contributed by atoms with Crippen molar-refractivity contribution < 1.29 is 24.2 Å². The van der Waals surface area contributed by atoms with Crippen molar-refractivity contribution >= 4 is 17.8 Å². The smallest absolute Gasteiger partial charge is 0.326 e. The lowest BCUT2D eigenvalue weighted by molar-refractivity contribution is -0.143. The fourth-order valence-electron chi connectivity index (χ4n) is 3.14. The number of nitrogens with zero attached hydrogens (tertiary/aromatic N) is 1. The lowest BCUT2D eigenvalue weighted by atomic mass is 9.95. The van der Waals surface area contributed by atoms with Crippen LogP contribution in [0.2, 0.25) is 0 Å². The fraction of sp³-hybridized carbons (Fsp3) is 0.571. The average molecular weight is 390 g/mol. The predicted octanol–water partition coefficient (Wildman–Crippen LogP) is 2.31. The van der Waals surface area contributed by atoms with Crippen molar-refractivity contribution in [3.63, 3.8) is 0 Å². The number of aliphatic carboxylic acids is 1. The summed E-state index contributed by atoms with van der Waals surface area (Å²) < 4.78 is 5.56. The van der Waals surface area contributed by atoms with E-state index in [9.17, 15) is 19.5 Å². The molecule has 0 aromatic heterocycles. The maximum atomic E-state index is 12.5. The second kappa shape index (κ2) is 9.68. The standard InChI is InChI=1S/C21H30N2O5/c1-21(2,3)28-14-11-17(20(26)27)22-18(24)15-9-12-23(13-10-15)19(25)16-7-5-4-6-8-16/h4-8,15,17H,9-14H2,1-3H3,(H,22,24)(H,26,27). The third-order valence-corrected chi connectivity index (χ3v) is 4.73. The van der Waals surface area contributed by atoms with Crippen LogP contribution in [-0.2, 0) is 14.3 Å². The Bertz CT molecular complexity index is 676. The third-order valence-electron chi connectivity index (χ3n) is 4.73. The SMILES string of the molecule is CC(C)(C)OCCC(NC(=O)C1CCN(C(=O)c2ccccc2)CC1)C(=O)O. The number of ether oxygens (including phenoxy) is 1. The molecule has 1 aliphatic heterocycles. The molecule has 2 N–H and O–H groups in total. The van der Waals surface area contributed by atoms with Gasteiger partial charge in [-0.25, -0.2) is 4.79 Å². The van der Waals surface area contributed by atoms with Crippen LogP contribution >= 0.6 is 0 Å². The largest absolute Gasteiger partial charge is 0.480 e. The number of benzene rings is 1. The monoisotopic (exact) mass is 390 g/mol. The highest BCUT2D eigenvalue weighted by Gasteiger charge is 2.30. The van der Waals surface area contributed by atoms with Crippen molar-refractivity contribution in [2.75, 3.05) is 19.7 Å². The summed E-state index contributed by atoms with van der Waals surface area (Å²) in [4.78, 5) is 38.2. The van der Waals surface area contributed by atoms with Gasteiger partial charge in [-0.05, 0) is 45.7 Å². The first-order valence-electron chi connectivity index (χ1n) is 9.69. The quantitative estimate of drug-likeness (QED) is 0.745. The van der Waals surface area contributed by atoms with Gasteiger partial charge < -0.3 is 20.1 Å². The van der Waals surface area contributed by atoms with Crippen LogP contribution in [-0.4, -0.2) is 59.1 Å². The lowest BCUT2D eigenvalue weighted by Gasteiger charge is -2.32. The molecule has 7 nitrogen and oxygen atoms in total. The van der Waals surface area contributed by atoms with Gasteiger partial charge in [0.05, 0.1) is 5.60 Å². The molecule has 7 heteroatoms. The highest BCUT2D eigenvalue weighted by Crippen LogP contribution is 2.20. The Kier molecular flexibility index (Phi) is 7.57. The molecular formula is C21H30N2O5. The maximum absolute atomic E-state index is 12.5. The third kappa shape index (κ3) is 6.64. The van der Waals surface area contributed by atoms with E-state index >= 15 is 0 Å². The molecule has 0 bridgehead atoms. The second-order valence-electron chi connectivity index (χ2n) is 8.08. The number of carbonyl (C=O) groups is 3. The zero-order chi connectivity index (χ0) is 20.7. The summed E-state index contributed by atoms with van der Waals surface area (Å²) in [6.07, 6.45) is 1.26. The van der Waals surface area contributed by atoms with Crippen molar-refractivity contribution in [2.24, 2.45) is 5.92 Å². The molecule has 2 rings (SSSR count). The van der Waals surface area contributed by atoms with Gasteiger partial charge in [-0.15, -0.1) is 0 Å². The van der Waals surface area contributed by atoms with Gasteiger partial charge in [-0.1, -0.05) is 18.2 Å². The van der Waals surface area contributed by atoms with Gasteiger partial charge in [0, 0.05) is 37.6 Å². The Morgan fingerprint density at radius 3 is 2.32 bits per heavy atom. The van der Waals surface area contributed by atoms with E-state index in [0.29, 0.717) is 31.5 Å². The van der Waals surface area contributed by atoms with E-state index in [0.717, 1.165) is 0 Å². The molecule has 0 radical (unpaired) electrons. The number of rotatable bonds is 7.